The molecule has 0 aromatic heterocycles. The first-order chi connectivity index (χ1) is 16.0. The van der Waals surface area contributed by atoms with Crippen molar-refractivity contribution in [3.05, 3.63) is 35.5 Å². The van der Waals surface area contributed by atoms with Crippen LogP contribution < -0.4 is 10.5 Å². The van der Waals surface area contributed by atoms with Gasteiger partial charge in [-0.1, -0.05) is 13.8 Å². The number of nitrogens with zero attached hydrogens (tertiary/aromatic N) is 2. The van der Waals surface area contributed by atoms with Gasteiger partial charge in [-0.15, -0.1) is 13.2 Å². The molecule has 1 aromatic carbocycles. The Kier molecular flexibility index (Phi) is 10.5. The van der Waals surface area contributed by atoms with Gasteiger partial charge in [0.25, 0.3) is 0 Å². The summed E-state index contributed by atoms with van der Waals surface area (Å²) in [6.07, 6.45) is -8.84. The van der Waals surface area contributed by atoms with E-state index in [-0.39, 0.29) is 37.2 Å². The number of allylic oxidation sites excluding steroid dienone is 2. The first-order valence-electron chi connectivity index (χ1n) is 11.0. The minimum atomic E-state index is -4.87. The number of ether oxygens (including phenoxy) is 2. The Morgan fingerprint density at radius 1 is 1.03 bits per heavy atom. The maximum absolute atomic E-state index is 13.3. The zero-order valence-electron chi connectivity index (χ0n) is 20.3. The number of rotatable bonds is 4. The number of likely N-dealkylation sites (tertiary alicyclic amines) is 1. The monoisotopic (exact) mass is 511 g/mol. The van der Waals surface area contributed by atoms with E-state index < -0.39 is 41.6 Å². The van der Waals surface area contributed by atoms with Gasteiger partial charge >= 0.3 is 18.6 Å². The van der Waals surface area contributed by atoms with E-state index in [0.29, 0.717) is 0 Å². The van der Waals surface area contributed by atoms with Gasteiger partial charge in [0, 0.05) is 24.9 Å². The third kappa shape index (κ3) is 10.5. The zero-order chi connectivity index (χ0) is 27.0. The van der Waals surface area contributed by atoms with Gasteiger partial charge in [0.2, 0.25) is 0 Å². The number of carbonyl (C=O) groups excluding carboxylic acids is 1. The second-order valence-electron chi connectivity index (χ2n) is 8.41. The fraction of sp³-hybridized carbons (Fsp3) is 0.565. The number of carbonyl (C=O) groups is 1. The largest absolute Gasteiger partial charge is 0.573 e. The Labute approximate surface area is 200 Å². The van der Waals surface area contributed by atoms with Gasteiger partial charge in [0.1, 0.15) is 17.0 Å². The maximum atomic E-state index is 13.3. The highest BCUT2D eigenvalue weighted by Crippen LogP contribution is 2.32. The van der Waals surface area contributed by atoms with E-state index in [9.17, 15) is 31.1 Å². The van der Waals surface area contributed by atoms with Crippen LogP contribution in [0, 0.1) is 5.92 Å². The summed E-state index contributed by atoms with van der Waals surface area (Å²) in [5, 5.41) is 0. The van der Waals surface area contributed by atoms with E-state index in [1.54, 1.807) is 20.8 Å². The molecular weight excluding hydrogens is 480 g/mol. The third-order valence-corrected chi connectivity index (χ3v) is 4.63. The molecule has 0 unspecified atom stereocenters. The van der Waals surface area contributed by atoms with Crippen LogP contribution in [0.25, 0.3) is 0 Å². The van der Waals surface area contributed by atoms with Crippen LogP contribution in [0.3, 0.4) is 0 Å². The molecule has 12 heteroatoms. The molecule has 0 atom stereocenters. The highest BCUT2D eigenvalue weighted by molar-refractivity contribution is 5.83. The van der Waals surface area contributed by atoms with Crippen molar-refractivity contribution >= 4 is 18.0 Å². The molecule has 1 aromatic rings. The molecule has 1 aliphatic rings. The predicted molar refractivity (Wildman–Crippen MR) is 120 cm³/mol. The highest BCUT2D eigenvalue weighted by Gasteiger charge is 2.37. The fourth-order valence-corrected chi connectivity index (χ4v) is 3.14. The average molecular weight is 512 g/mol. The molecule has 1 amide bonds. The normalized spacial score (nSPS) is 16.4. The van der Waals surface area contributed by atoms with Crippen molar-refractivity contribution in [3.63, 3.8) is 0 Å². The average Bonchev–Trinajstić information content (AvgIpc) is 2.74. The Bertz CT molecular complexity index is 880. The van der Waals surface area contributed by atoms with E-state index in [1.807, 2.05) is 13.8 Å². The number of hydrogen-bond acceptors (Lipinski definition) is 5. The van der Waals surface area contributed by atoms with E-state index in [4.69, 9.17) is 10.5 Å². The van der Waals surface area contributed by atoms with Crippen molar-refractivity contribution in [2.24, 2.45) is 16.6 Å². The second-order valence-corrected chi connectivity index (χ2v) is 8.41. The first-order valence-corrected chi connectivity index (χ1v) is 11.0. The van der Waals surface area contributed by atoms with Crippen molar-refractivity contribution in [2.75, 3.05) is 13.1 Å². The van der Waals surface area contributed by atoms with Gasteiger partial charge in [-0.2, -0.15) is 13.2 Å². The molecule has 1 aliphatic heterocycles. The molecule has 0 spiro atoms. The Morgan fingerprint density at radius 3 is 1.97 bits per heavy atom. The molecular formula is C23H31F6N3O3. The lowest BCUT2D eigenvalue weighted by Gasteiger charge is -2.34. The van der Waals surface area contributed by atoms with Crippen LogP contribution in [0.5, 0.6) is 5.75 Å². The molecule has 0 aliphatic carbocycles. The summed E-state index contributed by atoms with van der Waals surface area (Å²) in [6, 6.07) is 4.33. The van der Waals surface area contributed by atoms with Crippen LogP contribution >= 0.6 is 0 Å². The van der Waals surface area contributed by atoms with Crippen molar-refractivity contribution in [1.82, 2.24) is 4.90 Å². The minimum Gasteiger partial charge on any atom is -0.444 e. The van der Waals surface area contributed by atoms with Gasteiger partial charge in [-0.05, 0) is 63.8 Å². The summed E-state index contributed by atoms with van der Waals surface area (Å²) in [5.41, 5.74) is 3.23. The summed E-state index contributed by atoms with van der Waals surface area (Å²) in [7, 11) is 0. The van der Waals surface area contributed by atoms with Crippen LogP contribution in [0.4, 0.5) is 36.8 Å². The molecule has 2 rings (SSSR count). The standard InChI is InChI=1S/C21H25F6N3O3.C2H6/c1-19(2,3)33-18(31)30-10-8-13(9-11-30)16(17(28)20(22,23)24)12-29-14-4-6-15(7-5-14)32-21(25,26)27;1-2/h4-7,12-13H,8-11,28H2,1-3H3;1-2H3/b17-16+,29-12?;. The number of hydrogen-bond donors (Lipinski definition) is 1. The van der Waals surface area contributed by atoms with Crippen LogP contribution in [0.15, 0.2) is 40.5 Å². The summed E-state index contributed by atoms with van der Waals surface area (Å²) >= 11 is 0. The number of piperidine rings is 1. The molecule has 0 bridgehead atoms. The highest BCUT2D eigenvalue weighted by atomic mass is 19.4. The van der Waals surface area contributed by atoms with Crippen molar-refractivity contribution < 1.29 is 40.6 Å². The summed E-state index contributed by atoms with van der Waals surface area (Å²) in [6.45, 7) is 9.47. The SMILES string of the molecule is CC.CC(C)(C)OC(=O)N1CCC(/C(C=Nc2ccc(OC(F)(F)F)cc2)=C(/N)C(F)(F)F)CC1. The molecule has 35 heavy (non-hydrogen) atoms. The van der Waals surface area contributed by atoms with E-state index in [2.05, 4.69) is 9.73 Å². The zero-order valence-corrected chi connectivity index (χ0v) is 20.3. The smallest absolute Gasteiger partial charge is 0.444 e. The summed E-state index contributed by atoms with van der Waals surface area (Å²) < 4.78 is 85.8. The molecule has 0 radical (unpaired) electrons. The lowest BCUT2D eigenvalue weighted by Crippen LogP contribution is -2.42. The molecule has 6 nitrogen and oxygen atoms in total. The Hall–Kier alpha value is -2.92. The quantitative estimate of drug-likeness (QED) is 0.359. The number of benzene rings is 1. The van der Waals surface area contributed by atoms with E-state index in [0.717, 1.165) is 18.3 Å². The maximum Gasteiger partial charge on any atom is 0.573 e. The lowest BCUT2D eigenvalue weighted by atomic mass is 9.88. The summed E-state index contributed by atoms with van der Waals surface area (Å²) in [5.74, 6) is -1.11. The molecule has 0 saturated carbocycles. The number of amides is 1. The number of halogens is 6. The van der Waals surface area contributed by atoms with Crippen molar-refractivity contribution in [1.29, 1.82) is 0 Å². The summed E-state index contributed by atoms with van der Waals surface area (Å²) in [4.78, 5) is 17.6. The fourth-order valence-electron chi connectivity index (χ4n) is 3.14. The van der Waals surface area contributed by atoms with Gasteiger partial charge in [0.05, 0.1) is 5.69 Å². The second kappa shape index (κ2) is 12.2. The van der Waals surface area contributed by atoms with Gasteiger partial charge in [-0.3, -0.25) is 4.99 Å². The molecule has 2 N–H and O–H groups in total. The van der Waals surface area contributed by atoms with Gasteiger partial charge in [-0.25, -0.2) is 4.79 Å². The number of alkyl halides is 6. The lowest BCUT2D eigenvalue weighted by molar-refractivity contribution is -0.274. The molecule has 1 fully saturated rings. The number of nitrogens with two attached hydrogens (primary N) is 1. The van der Waals surface area contributed by atoms with E-state index >= 15 is 0 Å². The first kappa shape index (κ1) is 30.1. The van der Waals surface area contributed by atoms with Crippen LogP contribution in [0.1, 0.15) is 47.5 Å². The van der Waals surface area contributed by atoms with Crippen molar-refractivity contribution in [2.45, 2.75) is 65.6 Å². The molecule has 1 saturated heterocycles. The van der Waals surface area contributed by atoms with Gasteiger partial charge < -0.3 is 20.1 Å². The van der Waals surface area contributed by atoms with Crippen LogP contribution in [0.2, 0.25) is 0 Å². The van der Waals surface area contributed by atoms with E-state index in [1.165, 1.54) is 17.0 Å². The Balaban J connectivity index is 0.00000298. The minimum absolute atomic E-state index is 0.114. The number of aliphatic imine (C=N–C) groups is 1. The van der Waals surface area contributed by atoms with Crippen molar-refractivity contribution in [3.8, 4) is 5.75 Å². The van der Waals surface area contributed by atoms with Crippen LogP contribution in [-0.2, 0) is 4.74 Å². The third-order valence-electron chi connectivity index (χ3n) is 4.63. The predicted octanol–water partition coefficient (Wildman–Crippen LogP) is 6.74. The molecule has 1 heterocycles. The molecule has 198 valence electrons. The topological polar surface area (TPSA) is 77.1 Å². The Morgan fingerprint density at radius 2 is 1.54 bits per heavy atom. The van der Waals surface area contributed by atoms with Gasteiger partial charge in [0.15, 0.2) is 0 Å². The van der Waals surface area contributed by atoms with Crippen LogP contribution in [-0.4, -0.2) is 48.4 Å².